The van der Waals surface area contributed by atoms with E-state index in [4.69, 9.17) is 20.1 Å². The zero-order valence-corrected chi connectivity index (χ0v) is 7.90. The van der Waals surface area contributed by atoms with Gasteiger partial charge in [-0.25, -0.2) is 0 Å². The van der Waals surface area contributed by atoms with Crippen LogP contribution in [0.4, 0.5) is 0 Å². The zero-order valence-electron chi connectivity index (χ0n) is 7.90. The number of carboxylic acids is 1. The third-order valence-electron chi connectivity index (χ3n) is 0.471. The summed E-state index contributed by atoms with van der Waals surface area (Å²) in [5.74, 6) is -0.833. The topological polar surface area (TPSA) is 87.0 Å². The molecule has 0 rings (SSSR count). The Balaban J connectivity index is -0.000000142. The first-order chi connectivity index (χ1) is 6.15. The number of rotatable bonds is 4. The summed E-state index contributed by atoms with van der Waals surface area (Å²) < 4.78 is 4.63. The predicted molar refractivity (Wildman–Crippen MR) is 49.6 cm³/mol. The molecule has 80 valence electrons. The summed E-state index contributed by atoms with van der Waals surface area (Å²) in [7, 11) is 0. The van der Waals surface area contributed by atoms with Gasteiger partial charge in [0.05, 0.1) is 26.4 Å². The van der Waals surface area contributed by atoms with E-state index in [1.165, 1.54) is 0 Å². The Morgan fingerprint density at radius 2 is 1.46 bits per heavy atom. The van der Waals surface area contributed by atoms with Crippen LogP contribution >= 0.6 is 0 Å². The molecule has 3 N–H and O–H groups in total. The molecule has 0 aromatic carbocycles. The minimum Gasteiger partial charge on any atom is -0.481 e. The smallest absolute Gasteiger partial charge is 0.300 e. The average Bonchev–Trinajstić information content (AvgIpc) is 2.08. The van der Waals surface area contributed by atoms with Crippen molar-refractivity contribution in [3.63, 3.8) is 0 Å². The third kappa shape index (κ3) is 96.0. The second-order valence-electron chi connectivity index (χ2n) is 1.58. The molecule has 0 aliphatic heterocycles. The van der Waals surface area contributed by atoms with Gasteiger partial charge in [-0.05, 0) is 0 Å². The summed E-state index contributed by atoms with van der Waals surface area (Å²) in [6.07, 6.45) is 0. The lowest BCUT2D eigenvalue weighted by Crippen LogP contribution is -2.03. The molecule has 0 aliphatic rings. The molecular weight excluding hydrogens is 176 g/mol. The van der Waals surface area contributed by atoms with Crippen molar-refractivity contribution < 1.29 is 24.9 Å². The molecule has 0 unspecified atom stereocenters. The van der Waals surface area contributed by atoms with Crippen molar-refractivity contribution in [3.8, 4) is 0 Å². The molecule has 0 heterocycles. The maximum Gasteiger partial charge on any atom is 0.300 e. The van der Waals surface area contributed by atoms with Gasteiger partial charge in [-0.15, -0.1) is 13.2 Å². The average molecular weight is 194 g/mol. The first kappa shape index (κ1) is 18.0. The molecule has 0 radical (unpaired) electrons. The van der Waals surface area contributed by atoms with Crippen molar-refractivity contribution in [2.75, 3.05) is 26.4 Å². The Morgan fingerprint density at radius 3 is 1.62 bits per heavy atom. The molecule has 0 spiro atoms. The van der Waals surface area contributed by atoms with Crippen molar-refractivity contribution in [1.82, 2.24) is 0 Å². The van der Waals surface area contributed by atoms with Crippen LogP contribution in [0.5, 0.6) is 0 Å². The van der Waals surface area contributed by atoms with Crippen molar-refractivity contribution in [3.05, 3.63) is 13.2 Å². The van der Waals surface area contributed by atoms with Crippen LogP contribution in [-0.4, -0.2) is 47.7 Å². The van der Waals surface area contributed by atoms with Gasteiger partial charge in [0.25, 0.3) is 5.97 Å². The summed E-state index contributed by atoms with van der Waals surface area (Å²) >= 11 is 0. The van der Waals surface area contributed by atoms with Crippen LogP contribution in [-0.2, 0) is 9.53 Å². The van der Waals surface area contributed by atoms with Crippen molar-refractivity contribution in [1.29, 1.82) is 0 Å². The van der Waals surface area contributed by atoms with Crippen LogP contribution < -0.4 is 0 Å². The number of aliphatic carboxylic acids is 1. The van der Waals surface area contributed by atoms with E-state index in [0.29, 0.717) is 13.2 Å². The number of aliphatic hydroxyl groups is 2. The SMILES string of the molecule is C=C.CC(=O)O.OCCOCCO. The predicted octanol–water partition coefficient (Wildman–Crippen LogP) is -0.119. The second-order valence-corrected chi connectivity index (χ2v) is 1.58. The molecule has 0 bridgehead atoms. The molecule has 0 fully saturated rings. The fourth-order valence-corrected chi connectivity index (χ4v) is 0.231. The molecule has 13 heavy (non-hydrogen) atoms. The van der Waals surface area contributed by atoms with Crippen molar-refractivity contribution in [2.24, 2.45) is 0 Å². The highest BCUT2D eigenvalue weighted by Crippen LogP contribution is 1.68. The molecule has 5 heteroatoms. The Hall–Kier alpha value is -0.910. The highest BCUT2D eigenvalue weighted by molar-refractivity contribution is 5.62. The highest BCUT2D eigenvalue weighted by atomic mass is 16.5. The highest BCUT2D eigenvalue weighted by Gasteiger charge is 1.79. The van der Waals surface area contributed by atoms with Crippen LogP contribution in [0.25, 0.3) is 0 Å². The number of hydrogen-bond acceptors (Lipinski definition) is 4. The van der Waals surface area contributed by atoms with Gasteiger partial charge in [-0.3, -0.25) is 4.79 Å². The summed E-state index contributed by atoms with van der Waals surface area (Å²) in [5, 5.41) is 23.6. The summed E-state index contributed by atoms with van der Waals surface area (Å²) in [4.78, 5) is 9.00. The van der Waals surface area contributed by atoms with Gasteiger partial charge in [0.1, 0.15) is 0 Å². The molecule has 0 amide bonds. The number of carbonyl (C=O) groups is 1. The summed E-state index contributed by atoms with van der Waals surface area (Å²) in [5.41, 5.74) is 0. The van der Waals surface area contributed by atoms with E-state index in [9.17, 15) is 0 Å². The zero-order chi connectivity index (χ0) is 11.1. The largest absolute Gasteiger partial charge is 0.481 e. The lowest BCUT2D eigenvalue weighted by Gasteiger charge is -1.94. The van der Waals surface area contributed by atoms with Gasteiger partial charge >= 0.3 is 0 Å². The van der Waals surface area contributed by atoms with Crippen molar-refractivity contribution >= 4 is 5.97 Å². The molecule has 0 aromatic rings. The Morgan fingerprint density at radius 1 is 1.23 bits per heavy atom. The Kier molecular flexibility index (Phi) is 31.1. The standard InChI is InChI=1S/C4H10O3.C2H4O2.C2H4/c5-1-3-7-4-2-6;1-2(3)4;1-2/h5-6H,1-4H2;1H3,(H,3,4);1-2H2. The number of carboxylic acid groups (broad SMARTS) is 1. The molecule has 0 atom stereocenters. The number of ether oxygens (including phenoxy) is 1. The van der Waals surface area contributed by atoms with Crippen LogP contribution in [0.15, 0.2) is 13.2 Å². The minimum atomic E-state index is -0.833. The van der Waals surface area contributed by atoms with Crippen LogP contribution in [0.2, 0.25) is 0 Å². The number of hydrogen-bond donors (Lipinski definition) is 3. The van der Waals surface area contributed by atoms with E-state index < -0.39 is 5.97 Å². The monoisotopic (exact) mass is 194 g/mol. The van der Waals surface area contributed by atoms with E-state index in [2.05, 4.69) is 17.9 Å². The van der Waals surface area contributed by atoms with E-state index in [0.717, 1.165) is 6.92 Å². The second kappa shape index (κ2) is 22.5. The molecule has 0 aromatic heterocycles. The maximum atomic E-state index is 9.00. The minimum absolute atomic E-state index is 0.0278. The van der Waals surface area contributed by atoms with E-state index in [-0.39, 0.29) is 13.2 Å². The quantitative estimate of drug-likeness (QED) is 0.429. The van der Waals surface area contributed by atoms with E-state index >= 15 is 0 Å². The van der Waals surface area contributed by atoms with Gasteiger partial charge in [0.15, 0.2) is 0 Å². The van der Waals surface area contributed by atoms with Gasteiger partial charge in [0.2, 0.25) is 0 Å². The molecule has 5 nitrogen and oxygen atoms in total. The van der Waals surface area contributed by atoms with Crippen LogP contribution in [0.1, 0.15) is 6.92 Å². The van der Waals surface area contributed by atoms with E-state index in [1.807, 2.05) is 0 Å². The first-order valence-electron chi connectivity index (χ1n) is 3.64. The van der Waals surface area contributed by atoms with Crippen LogP contribution in [0.3, 0.4) is 0 Å². The van der Waals surface area contributed by atoms with Crippen LogP contribution in [0, 0.1) is 0 Å². The van der Waals surface area contributed by atoms with Gasteiger partial charge in [-0.1, -0.05) is 0 Å². The molecular formula is C8H18O5. The van der Waals surface area contributed by atoms with Gasteiger partial charge in [0, 0.05) is 6.92 Å². The normalized spacial score (nSPS) is 7.31. The van der Waals surface area contributed by atoms with Gasteiger partial charge in [-0.2, -0.15) is 0 Å². The molecule has 0 saturated heterocycles. The Labute approximate surface area is 78.3 Å². The third-order valence-corrected chi connectivity index (χ3v) is 0.471. The fraction of sp³-hybridized carbons (Fsp3) is 0.625. The Bertz CT molecular complexity index is 86.5. The lowest BCUT2D eigenvalue weighted by atomic mass is 10.7. The summed E-state index contributed by atoms with van der Waals surface area (Å²) in [6.45, 7) is 7.78. The molecule has 0 saturated carbocycles. The van der Waals surface area contributed by atoms with Crippen molar-refractivity contribution in [2.45, 2.75) is 6.92 Å². The van der Waals surface area contributed by atoms with Gasteiger partial charge < -0.3 is 20.1 Å². The first-order valence-corrected chi connectivity index (χ1v) is 3.64. The van der Waals surface area contributed by atoms with E-state index in [1.54, 1.807) is 0 Å². The molecule has 0 aliphatic carbocycles. The maximum absolute atomic E-state index is 9.00. The number of aliphatic hydroxyl groups excluding tert-OH is 2. The fourth-order valence-electron chi connectivity index (χ4n) is 0.231. The lowest BCUT2D eigenvalue weighted by molar-refractivity contribution is -0.134. The summed E-state index contributed by atoms with van der Waals surface area (Å²) in [6, 6.07) is 0.